The Morgan fingerprint density at radius 1 is 1.27 bits per heavy atom. The van der Waals surface area contributed by atoms with Gasteiger partial charge in [0, 0.05) is 6.54 Å². The highest BCUT2D eigenvalue weighted by Gasteiger charge is 2.15. The third kappa shape index (κ3) is 5.45. The van der Waals surface area contributed by atoms with Crippen LogP contribution in [0.2, 0.25) is 0 Å². The Hall–Kier alpha value is -1.93. The van der Waals surface area contributed by atoms with Gasteiger partial charge in [-0.1, -0.05) is 19.4 Å². The van der Waals surface area contributed by atoms with Gasteiger partial charge in [0.25, 0.3) is 5.91 Å². The summed E-state index contributed by atoms with van der Waals surface area (Å²) in [6, 6.07) is 5.41. The van der Waals surface area contributed by atoms with Gasteiger partial charge in [0.1, 0.15) is 0 Å². The van der Waals surface area contributed by atoms with Gasteiger partial charge in [0.2, 0.25) is 10.0 Å². The Balaban J connectivity index is 2.63. The van der Waals surface area contributed by atoms with Crippen molar-refractivity contribution in [3.05, 3.63) is 29.8 Å². The Morgan fingerprint density at radius 3 is 2.64 bits per heavy atom. The van der Waals surface area contributed by atoms with E-state index in [1.807, 2.05) is 6.92 Å². The smallest absolute Gasteiger partial charge is 0.338 e. The van der Waals surface area contributed by atoms with Gasteiger partial charge < -0.3 is 10.1 Å². The van der Waals surface area contributed by atoms with Gasteiger partial charge >= 0.3 is 5.97 Å². The maximum Gasteiger partial charge on any atom is 0.338 e. The summed E-state index contributed by atoms with van der Waals surface area (Å²) >= 11 is 0. The first-order chi connectivity index (χ1) is 10.4. The normalized spacial score (nSPS) is 11.0. The molecule has 0 aliphatic rings. The largest absolute Gasteiger partial charge is 0.452 e. The summed E-state index contributed by atoms with van der Waals surface area (Å²) < 4.78 is 30.3. The van der Waals surface area contributed by atoms with Crippen LogP contribution < -0.4 is 10.0 Å². The number of hydrogen-bond acceptors (Lipinski definition) is 5. The fourth-order valence-electron chi connectivity index (χ4n) is 1.58. The third-order valence-corrected chi connectivity index (χ3v) is 4.25. The van der Waals surface area contributed by atoms with Gasteiger partial charge in [-0.05, 0) is 31.7 Å². The molecule has 122 valence electrons. The highest BCUT2D eigenvalue weighted by Crippen LogP contribution is 2.12. The number of carbonyl (C=O) groups is 2. The topological polar surface area (TPSA) is 102 Å². The number of hydrogen-bond donors (Lipinski definition) is 2. The summed E-state index contributed by atoms with van der Waals surface area (Å²) in [4.78, 5) is 23.2. The molecule has 0 radical (unpaired) electrons. The van der Waals surface area contributed by atoms with Crippen molar-refractivity contribution in [3.8, 4) is 0 Å². The molecule has 0 aliphatic heterocycles. The molecule has 0 saturated heterocycles. The van der Waals surface area contributed by atoms with E-state index in [2.05, 4.69) is 10.0 Å². The van der Waals surface area contributed by atoms with E-state index in [1.165, 1.54) is 31.3 Å². The number of amides is 1. The summed E-state index contributed by atoms with van der Waals surface area (Å²) in [7, 11) is -2.36. The first-order valence-electron chi connectivity index (χ1n) is 6.88. The molecule has 0 aliphatic carbocycles. The first kappa shape index (κ1) is 18.1. The number of rotatable bonds is 8. The predicted octanol–water partition coefficient (Wildman–Crippen LogP) is 0.668. The second-order valence-corrected chi connectivity index (χ2v) is 6.40. The number of esters is 1. The Bertz CT molecular complexity index is 628. The minimum atomic E-state index is -3.64. The van der Waals surface area contributed by atoms with E-state index in [9.17, 15) is 18.0 Å². The predicted molar refractivity (Wildman–Crippen MR) is 80.9 cm³/mol. The van der Waals surface area contributed by atoms with Crippen LogP contribution >= 0.6 is 0 Å². The fraction of sp³-hybridized carbons (Fsp3) is 0.429. The summed E-state index contributed by atoms with van der Waals surface area (Å²) in [6.45, 7) is 2.13. The van der Waals surface area contributed by atoms with Crippen molar-refractivity contribution in [3.63, 3.8) is 0 Å². The van der Waals surface area contributed by atoms with Gasteiger partial charge in [0.15, 0.2) is 6.61 Å². The number of ether oxygens (including phenoxy) is 1. The third-order valence-electron chi connectivity index (χ3n) is 2.84. The molecule has 1 amide bonds. The van der Waals surface area contributed by atoms with Gasteiger partial charge in [-0.2, -0.15) is 0 Å². The van der Waals surface area contributed by atoms with Crippen molar-refractivity contribution in [1.82, 2.24) is 10.0 Å². The van der Waals surface area contributed by atoms with Crippen molar-refractivity contribution in [2.45, 2.75) is 24.7 Å². The molecule has 0 heterocycles. The molecule has 0 bridgehead atoms. The van der Waals surface area contributed by atoms with Crippen LogP contribution in [0.4, 0.5) is 0 Å². The number of nitrogens with one attached hydrogen (secondary N) is 2. The lowest BCUT2D eigenvalue weighted by Crippen LogP contribution is -2.29. The average molecular weight is 328 g/mol. The molecular weight excluding hydrogens is 308 g/mol. The summed E-state index contributed by atoms with van der Waals surface area (Å²) in [5.74, 6) is -1.14. The molecule has 0 unspecified atom stereocenters. The zero-order valence-corrected chi connectivity index (χ0v) is 13.4. The molecule has 0 aromatic heterocycles. The van der Waals surface area contributed by atoms with E-state index in [1.54, 1.807) is 0 Å². The minimum Gasteiger partial charge on any atom is -0.452 e. The molecule has 0 saturated carbocycles. The molecule has 0 spiro atoms. The van der Waals surface area contributed by atoms with Crippen LogP contribution in [0.15, 0.2) is 29.2 Å². The fourth-order valence-corrected chi connectivity index (χ4v) is 2.35. The van der Waals surface area contributed by atoms with Gasteiger partial charge in [-0.15, -0.1) is 0 Å². The van der Waals surface area contributed by atoms with Crippen LogP contribution in [0.3, 0.4) is 0 Å². The van der Waals surface area contributed by atoms with E-state index in [4.69, 9.17) is 4.74 Å². The average Bonchev–Trinajstić information content (AvgIpc) is 2.53. The highest BCUT2D eigenvalue weighted by molar-refractivity contribution is 7.89. The zero-order chi connectivity index (χ0) is 16.6. The molecule has 0 atom stereocenters. The van der Waals surface area contributed by atoms with E-state index in [0.29, 0.717) is 6.54 Å². The summed E-state index contributed by atoms with van der Waals surface area (Å²) in [6.07, 6.45) is 1.80. The molecule has 1 rings (SSSR count). The Kier molecular flexibility index (Phi) is 7.00. The lowest BCUT2D eigenvalue weighted by molar-refractivity contribution is -0.124. The molecule has 8 heteroatoms. The summed E-state index contributed by atoms with van der Waals surface area (Å²) in [5, 5.41) is 2.61. The van der Waals surface area contributed by atoms with Crippen LogP contribution in [0.1, 0.15) is 30.1 Å². The maximum atomic E-state index is 11.8. The van der Waals surface area contributed by atoms with Crippen LogP contribution in [0, 0.1) is 0 Å². The highest BCUT2D eigenvalue weighted by atomic mass is 32.2. The molecule has 22 heavy (non-hydrogen) atoms. The standard InChI is InChI=1S/C14H20N2O5S/c1-3-4-8-16-13(17)10-21-14(18)11-6-5-7-12(9-11)22(19,20)15-2/h5-7,9,15H,3-4,8,10H2,1-2H3,(H,16,17). The molecule has 7 nitrogen and oxygen atoms in total. The van der Waals surface area contributed by atoms with E-state index in [-0.39, 0.29) is 16.4 Å². The van der Waals surface area contributed by atoms with E-state index in [0.717, 1.165) is 12.8 Å². The van der Waals surface area contributed by atoms with Crippen molar-refractivity contribution >= 4 is 21.9 Å². The molecule has 2 N–H and O–H groups in total. The summed E-state index contributed by atoms with van der Waals surface area (Å²) in [5.41, 5.74) is 0.0673. The van der Waals surface area contributed by atoms with Crippen molar-refractivity contribution < 1.29 is 22.7 Å². The van der Waals surface area contributed by atoms with Crippen LogP contribution in [-0.4, -0.2) is 40.5 Å². The van der Waals surface area contributed by atoms with Crippen molar-refractivity contribution in [2.75, 3.05) is 20.2 Å². The van der Waals surface area contributed by atoms with Gasteiger partial charge in [0.05, 0.1) is 10.5 Å². The molecular formula is C14H20N2O5S. The van der Waals surface area contributed by atoms with Crippen molar-refractivity contribution in [1.29, 1.82) is 0 Å². The number of carbonyl (C=O) groups excluding carboxylic acids is 2. The minimum absolute atomic E-state index is 0.0446. The first-order valence-corrected chi connectivity index (χ1v) is 8.36. The Morgan fingerprint density at radius 2 is 2.00 bits per heavy atom. The number of sulfonamides is 1. The van der Waals surface area contributed by atoms with E-state index >= 15 is 0 Å². The monoisotopic (exact) mass is 328 g/mol. The number of benzene rings is 1. The maximum absolute atomic E-state index is 11.8. The Labute approximate surface area is 130 Å². The van der Waals surface area contributed by atoms with Gasteiger partial charge in [-0.3, -0.25) is 4.79 Å². The van der Waals surface area contributed by atoms with Gasteiger partial charge in [-0.25, -0.2) is 17.9 Å². The van der Waals surface area contributed by atoms with E-state index < -0.39 is 22.6 Å². The quantitative estimate of drug-likeness (QED) is 0.539. The van der Waals surface area contributed by atoms with Crippen LogP contribution in [-0.2, 0) is 19.6 Å². The zero-order valence-electron chi connectivity index (χ0n) is 12.6. The lowest BCUT2D eigenvalue weighted by atomic mass is 10.2. The second-order valence-electron chi connectivity index (χ2n) is 4.52. The molecule has 1 aromatic carbocycles. The second kappa shape index (κ2) is 8.50. The van der Waals surface area contributed by atoms with Crippen LogP contribution in [0.5, 0.6) is 0 Å². The van der Waals surface area contributed by atoms with Crippen molar-refractivity contribution in [2.24, 2.45) is 0 Å². The molecule has 1 aromatic rings. The van der Waals surface area contributed by atoms with Crippen LogP contribution in [0.25, 0.3) is 0 Å². The lowest BCUT2D eigenvalue weighted by Gasteiger charge is -2.07. The SMILES string of the molecule is CCCCNC(=O)COC(=O)c1cccc(S(=O)(=O)NC)c1. The number of unbranched alkanes of at least 4 members (excludes halogenated alkanes) is 1. The molecule has 0 fully saturated rings.